The Kier molecular flexibility index (Phi) is 6.82. The Hall–Kier alpha value is -0.350. The van der Waals surface area contributed by atoms with E-state index in [-0.39, 0.29) is 5.97 Å². The second-order valence-electron chi connectivity index (χ2n) is 3.70. The zero-order chi connectivity index (χ0) is 12.7. The van der Waals surface area contributed by atoms with Crippen molar-refractivity contribution in [2.24, 2.45) is 0 Å². The van der Waals surface area contributed by atoms with Gasteiger partial charge in [-0.3, -0.25) is 4.79 Å². The summed E-state index contributed by atoms with van der Waals surface area (Å²) in [6.07, 6.45) is 2.49. The van der Waals surface area contributed by atoms with Crippen LogP contribution >= 0.6 is 31.9 Å². The van der Waals surface area contributed by atoms with Crippen molar-refractivity contribution < 1.29 is 9.53 Å². The van der Waals surface area contributed by atoms with Crippen molar-refractivity contribution in [2.75, 3.05) is 11.9 Å². The van der Waals surface area contributed by atoms with Crippen molar-refractivity contribution in [3.8, 4) is 0 Å². The molecular weight excluding hydrogens is 348 g/mol. The maximum Gasteiger partial charge on any atom is 0.310 e. The molecule has 4 heteroatoms. The van der Waals surface area contributed by atoms with Crippen molar-refractivity contribution in [3.63, 3.8) is 0 Å². The van der Waals surface area contributed by atoms with Crippen LogP contribution in [0.1, 0.15) is 24.5 Å². The quantitative estimate of drug-likeness (QED) is 0.566. The third kappa shape index (κ3) is 5.21. The number of halogens is 2. The highest BCUT2D eigenvalue weighted by atomic mass is 79.9. The number of hydrogen-bond acceptors (Lipinski definition) is 2. The van der Waals surface area contributed by atoms with E-state index >= 15 is 0 Å². The minimum absolute atomic E-state index is 0.179. The number of hydrogen-bond donors (Lipinski definition) is 0. The van der Waals surface area contributed by atoms with Crippen LogP contribution in [0, 0.1) is 0 Å². The van der Waals surface area contributed by atoms with Gasteiger partial charge in [0.2, 0.25) is 0 Å². The van der Waals surface area contributed by atoms with E-state index in [4.69, 9.17) is 4.74 Å². The van der Waals surface area contributed by atoms with E-state index in [0.29, 0.717) is 13.0 Å². The van der Waals surface area contributed by atoms with Crippen LogP contribution in [0.2, 0.25) is 0 Å². The first-order valence-electron chi connectivity index (χ1n) is 5.66. The lowest BCUT2D eigenvalue weighted by atomic mass is 10.1. The topological polar surface area (TPSA) is 26.3 Å². The molecule has 1 aromatic rings. The minimum atomic E-state index is -0.179. The van der Waals surface area contributed by atoms with Gasteiger partial charge in [-0.15, -0.1) is 0 Å². The molecule has 0 aliphatic rings. The van der Waals surface area contributed by atoms with Crippen molar-refractivity contribution >= 4 is 37.8 Å². The molecule has 0 atom stereocenters. The maximum atomic E-state index is 11.4. The van der Waals surface area contributed by atoms with E-state index in [1.807, 2.05) is 13.0 Å². The third-order valence-electron chi connectivity index (χ3n) is 2.36. The lowest BCUT2D eigenvalue weighted by Gasteiger charge is -2.07. The Morgan fingerprint density at radius 3 is 2.76 bits per heavy atom. The largest absolute Gasteiger partial charge is 0.466 e. The standard InChI is InChI=1S/C13H16Br2O2/c1-2-17-13(16)9-11-6-5-10(4-3-7-14)8-12(11)15/h5-6,8H,2-4,7,9H2,1H3. The maximum absolute atomic E-state index is 11.4. The van der Waals surface area contributed by atoms with E-state index < -0.39 is 0 Å². The van der Waals surface area contributed by atoms with Gasteiger partial charge in [0.05, 0.1) is 13.0 Å². The van der Waals surface area contributed by atoms with Gasteiger partial charge in [-0.25, -0.2) is 0 Å². The summed E-state index contributed by atoms with van der Waals surface area (Å²) in [6, 6.07) is 6.14. The molecule has 0 spiro atoms. The first-order valence-corrected chi connectivity index (χ1v) is 7.57. The van der Waals surface area contributed by atoms with Gasteiger partial charge in [-0.1, -0.05) is 44.0 Å². The monoisotopic (exact) mass is 362 g/mol. The number of ether oxygens (including phenoxy) is 1. The zero-order valence-corrected chi connectivity index (χ0v) is 13.0. The number of carbonyl (C=O) groups excluding carboxylic acids is 1. The fourth-order valence-electron chi connectivity index (χ4n) is 1.53. The molecule has 0 bridgehead atoms. The van der Waals surface area contributed by atoms with Crippen molar-refractivity contribution in [1.82, 2.24) is 0 Å². The summed E-state index contributed by atoms with van der Waals surface area (Å²) in [5.41, 5.74) is 2.26. The highest BCUT2D eigenvalue weighted by molar-refractivity contribution is 9.10. The number of carbonyl (C=O) groups is 1. The van der Waals surface area contributed by atoms with Crippen LogP contribution in [-0.4, -0.2) is 17.9 Å². The average Bonchev–Trinajstić information content (AvgIpc) is 2.30. The van der Waals surface area contributed by atoms with Crippen molar-refractivity contribution in [2.45, 2.75) is 26.2 Å². The summed E-state index contributed by atoms with van der Waals surface area (Å²) in [7, 11) is 0. The molecule has 0 saturated heterocycles. The SMILES string of the molecule is CCOC(=O)Cc1ccc(CCCBr)cc1Br. The van der Waals surface area contributed by atoms with Crippen LogP contribution in [0.15, 0.2) is 22.7 Å². The van der Waals surface area contributed by atoms with Gasteiger partial charge < -0.3 is 4.74 Å². The molecule has 94 valence electrons. The number of esters is 1. The lowest BCUT2D eigenvalue weighted by molar-refractivity contribution is -0.142. The van der Waals surface area contributed by atoms with Crippen LogP contribution in [0.4, 0.5) is 0 Å². The molecule has 0 radical (unpaired) electrons. The Morgan fingerprint density at radius 2 is 2.18 bits per heavy atom. The summed E-state index contributed by atoms with van der Waals surface area (Å²) < 4.78 is 5.91. The molecule has 0 heterocycles. The van der Waals surface area contributed by atoms with Crippen LogP contribution in [0.5, 0.6) is 0 Å². The highest BCUT2D eigenvalue weighted by Crippen LogP contribution is 2.20. The van der Waals surface area contributed by atoms with Crippen molar-refractivity contribution in [1.29, 1.82) is 0 Å². The van der Waals surface area contributed by atoms with Gasteiger partial charge in [0.15, 0.2) is 0 Å². The van der Waals surface area contributed by atoms with Crippen LogP contribution < -0.4 is 0 Å². The highest BCUT2D eigenvalue weighted by Gasteiger charge is 2.08. The van der Waals surface area contributed by atoms with Gasteiger partial charge in [0.25, 0.3) is 0 Å². The second kappa shape index (κ2) is 7.88. The molecule has 0 aromatic heterocycles. The summed E-state index contributed by atoms with van der Waals surface area (Å²) in [4.78, 5) is 11.4. The van der Waals surface area contributed by atoms with Crippen LogP contribution in [0.3, 0.4) is 0 Å². The van der Waals surface area contributed by atoms with Gasteiger partial charge in [-0.2, -0.15) is 0 Å². The number of rotatable bonds is 6. The predicted octanol–water partition coefficient (Wildman–Crippen LogP) is 3.88. The van der Waals surface area contributed by atoms with Crippen molar-refractivity contribution in [3.05, 3.63) is 33.8 Å². The summed E-state index contributed by atoms with van der Waals surface area (Å²) in [5.74, 6) is -0.179. The summed E-state index contributed by atoms with van der Waals surface area (Å²) in [5, 5.41) is 1.01. The fraction of sp³-hybridized carbons (Fsp3) is 0.462. The Labute approximate surface area is 119 Å². The normalized spacial score (nSPS) is 10.3. The number of benzene rings is 1. The molecule has 1 rings (SSSR count). The number of alkyl halides is 1. The molecule has 0 amide bonds. The van der Waals surface area contributed by atoms with E-state index in [2.05, 4.69) is 44.0 Å². The van der Waals surface area contributed by atoms with E-state index in [1.54, 1.807) is 0 Å². The van der Waals surface area contributed by atoms with Gasteiger partial charge in [-0.05, 0) is 37.0 Å². The van der Waals surface area contributed by atoms with Gasteiger partial charge in [0, 0.05) is 9.80 Å². The molecule has 0 aliphatic heterocycles. The molecule has 0 fully saturated rings. The molecule has 0 N–H and O–H groups in total. The lowest BCUT2D eigenvalue weighted by Crippen LogP contribution is -2.08. The predicted molar refractivity (Wildman–Crippen MR) is 76.6 cm³/mol. The van der Waals surface area contributed by atoms with Crippen LogP contribution in [-0.2, 0) is 22.4 Å². The number of aryl methyl sites for hydroxylation is 1. The summed E-state index contributed by atoms with van der Waals surface area (Å²) in [6.45, 7) is 2.25. The van der Waals surface area contributed by atoms with Crippen LogP contribution in [0.25, 0.3) is 0 Å². The second-order valence-corrected chi connectivity index (χ2v) is 5.35. The summed E-state index contributed by atoms with van der Waals surface area (Å²) >= 11 is 6.92. The minimum Gasteiger partial charge on any atom is -0.466 e. The zero-order valence-electron chi connectivity index (χ0n) is 9.84. The third-order valence-corrected chi connectivity index (χ3v) is 3.66. The molecule has 17 heavy (non-hydrogen) atoms. The Balaban J connectivity index is 2.65. The van der Waals surface area contributed by atoms with E-state index in [0.717, 1.165) is 28.2 Å². The molecule has 2 nitrogen and oxygen atoms in total. The Morgan fingerprint density at radius 1 is 1.41 bits per heavy atom. The van der Waals surface area contributed by atoms with E-state index in [9.17, 15) is 4.79 Å². The molecule has 0 saturated carbocycles. The fourth-order valence-corrected chi connectivity index (χ4v) is 2.37. The first kappa shape index (κ1) is 14.7. The van der Waals surface area contributed by atoms with E-state index in [1.165, 1.54) is 5.56 Å². The average molecular weight is 364 g/mol. The molecule has 0 unspecified atom stereocenters. The molecular formula is C13H16Br2O2. The van der Waals surface area contributed by atoms with Gasteiger partial charge in [0.1, 0.15) is 0 Å². The van der Waals surface area contributed by atoms with Gasteiger partial charge >= 0.3 is 5.97 Å². The molecule has 0 aliphatic carbocycles. The first-order chi connectivity index (χ1) is 8.17. The smallest absolute Gasteiger partial charge is 0.310 e. The molecule has 1 aromatic carbocycles. The Bertz CT molecular complexity index is 378.